The summed E-state index contributed by atoms with van der Waals surface area (Å²) < 4.78 is 33.1. The van der Waals surface area contributed by atoms with E-state index >= 15 is 0 Å². The number of sulfonamides is 1. The minimum Gasteiger partial charge on any atom is -0.494 e. The van der Waals surface area contributed by atoms with E-state index in [1.807, 2.05) is 20.8 Å². The Bertz CT molecular complexity index is 578. The third kappa shape index (κ3) is 3.31. The van der Waals surface area contributed by atoms with Crippen molar-refractivity contribution in [2.45, 2.75) is 37.6 Å². The van der Waals surface area contributed by atoms with Crippen LogP contribution in [-0.2, 0) is 10.0 Å². The summed E-state index contributed by atoms with van der Waals surface area (Å²) in [6.45, 7) is 7.73. The summed E-state index contributed by atoms with van der Waals surface area (Å²) in [4.78, 5) is 0.284. The lowest BCUT2D eigenvalue weighted by molar-refractivity contribution is 0.337. The number of rotatable bonds is 5. The lowest BCUT2D eigenvalue weighted by Crippen LogP contribution is -2.47. The molecule has 0 aliphatic carbocycles. The summed E-state index contributed by atoms with van der Waals surface area (Å²) in [6, 6.07) is 4.95. The molecule has 1 aliphatic heterocycles. The lowest BCUT2D eigenvalue weighted by atomic mass is 10.0. The van der Waals surface area contributed by atoms with Crippen molar-refractivity contribution in [3.63, 3.8) is 0 Å². The molecule has 0 radical (unpaired) electrons. The fourth-order valence-corrected chi connectivity index (χ4v) is 3.91. The molecule has 6 heteroatoms. The Morgan fingerprint density at radius 3 is 2.75 bits per heavy atom. The second-order valence-electron chi connectivity index (χ2n) is 5.45. The molecular formula is C14H22N2O3S. The Morgan fingerprint density at radius 1 is 1.45 bits per heavy atom. The van der Waals surface area contributed by atoms with E-state index in [1.54, 1.807) is 18.2 Å². The average molecular weight is 298 g/mol. The van der Waals surface area contributed by atoms with E-state index in [2.05, 4.69) is 10.0 Å². The van der Waals surface area contributed by atoms with E-state index < -0.39 is 15.6 Å². The summed E-state index contributed by atoms with van der Waals surface area (Å²) in [6.07, 6.45) is 0.794. The minimum atomic E-state index is -3.50. The molecule has 0 bridgehead atoms. The van der Waals surface area contributed by atoms with Crippen LogP contribution >= 0.6 is 0 Å². The Balaban J connectivity index is 2.23. The summed E-state index contributed by atoms with van der Waals surface area (Å²) in [5.41, 5.74) is 0.412. The van der Waals surface area contributed by atoms with Gasteiger partial charge in [0.15, 0.2) is 0 Å². The number of hydrogen-bond acceptors (Lipinski definition) is 4. The largest absolute Gasteiger partial charge is 0.494 e. The predicted octanol–water partition coefficient (Wildman–Crippen LogP) is 1.42. The Kier molecular flexibility index (Phi) is 4.36. The van der Waals surface area contributed by atoms with Gasteiger partial charge in [-0.1, -0.05) is 0 Å². The first-order chi connectivity index (χ1) is 9.36. The van der Waals surface area contributed by atoms with Crippen LogP contribution in [0, 0.1) is 6.92 Å². The number of ether oxygens (including phenoxy) is 1. The molecule has 5 nitrogen and oxygen atoms in total. The van der Waals surface area contributed by atoms with Crippen molar-refractivity contribution >= 4 is 10.0 Å². The highest BCUT2D eigenvalue weighted by Crippen LogP contribution is 2.24. The van der Waals surface area contributed by atoms with Gasteiger partial charge in [-0.25, -0.2) is 13.1 Å². The maximum Gasteiger partial charge on any atom is 0.241 e. The summed E-state index contributed by atoms with van der Waals surface area (Å²) in [5, 5.41) is 3.18. The Morgan fingerprint density at radius 2 is 2.20 bits per heavy atom. The molecule has 1 aromatic carbocycles. The van der Waals surface area contributed by atoms with Crippen LogP contribution in [0.3, 0.4) is 0 Å². The van der Waals surface area contributed by atoms with E-state index in [-0.39, 0.29) is 4.90 Å². The predicted molar refractivity (Wildman–Crippen MR) is 78.6 cm³/mol. The van der Waals surface area contributed by atoms with Crippen molar-refractivity contribution in [2.75, 3.05) is 19.7 Å². The monoisotopic (exact) mass is 298 g/mol. The Hall–Kier alpha value is -1.11. The van der Waals surface area contributed by atoms with Crippen LogP contribution < -0.4 is 14.8 Å². The van der Waals surface area contributed by atoms with Crippen LogP contribution in [0.5, 0.6) is 5.75 Å². The molecule has 1 saturated heterocycles. The molecule has 0 spiro atoms. The molecule has 112 valence electrons. The van der Waals surface area contributed by atoms with Crippen LogP contribution in [0.2, 0.25) is 0 Å². The molecule has 1 aromatic rings. The third-order valence-corrected chi connectivity index (χ3v) is 5.14. The second-order valence-corrected chi connectivity index (χ2v) is 7.14. The summed E-state index contributed by atoms with van der Waals surface area (Å²) in [7, 11) is -3.50. The van der Waals surface area contributed by atoms with E-state index in [0.717, 1.165) is 24.3 Å². The van der Waals surface area contributed by atoms with E-state index in [0.29, 0.717) is 13.2 Å². The molecule has 1 aliphatic rings. The number of benzene rings is 1. The number of nitrogens with one attached hydrogen (secondary N) is 2. The smallest absolute Gasteiger partial charge is 0.241 e. The first kappa shape index (κ1) is 15.3. The van der Waals surface area contributed by atoms with Gasteiger partial charge in [-0.3, -0.25) is 0 Å². The van der Waals surface area contributed by atoms with Crippen LogP contribution in [0.15, 0.2) is 23.1 Å². The van der Waals surface area contributed by atoms with Gasteiger partial charge in [0.25, 0.3) is 0 Å². The van der Waals surface area contributed by atoms with Gasteiger partial charge in [0.2, 0.25) is 10.0 Å². The zero-order valence-electron chi connectivity index (χ0n) is 12.2. The molecule has 2 rings (SSSR count). The first-order valence-electron chi connectivity index (χ1n) is 6.84. The molecule has 0 amide bonds. The summed E-state index contributed by atoms with van der Waals surface area (Å²) in [5.74, 6) is 0.722. The standard InChI is InChI=1S/C14H22N2O3S/c1-4-19-13-6-5-12(9-11(13)2)20(17,18)16-14(3)7-8-15-10-14/h5-6,9,15-16H,4,7-8,10H2,1-3H3. The van der Waals surface area contributed by atoms with Crippen molar-refractivity contribution in [3.8, 4) is 5.75 Å². The van der Waals surface area contributed by atoms with Gasteiger partial charge in [-0.05, 0) is 57.5 Å². The maximum atomic E-state index is 12.4. The van der Waals surface area contributed by atoms with Gasteiger partial charge in [-0.2, -0.15) is 0 Å². The van der Waals surface area contributed by atoms with E-state index in [9.17, 15) is 8.42 Å². The highest BCUT2D eigenvalue weighted by Gasteiger charge is 2.33. The quantitative estimate of drug-likeness (QED) is 0.863. The number of aryl methyl sites for hydroxylation is 1. The Labute approximate surface area is 120 Å². The van der Waals surface area contributed by atoms with Gasteiger partial charge < -0.3 is 10.1 Å². The van der Waals surface area contributed by atoms with Crippen LogP contribution in [0.4, 0.5) is 0 Å². The summed E-state index contributed by atoms with van der Waals surface area (Å²) >= 11 is 0. The lowest BCUT2D eigenvalue weighted by Gasteiger charge is -2.24. The van der Waals surface area contributed by atoms with Crippen LogP contribution in [0.1, 0.15) is 25.8 Å². The minimum absolute atomic E-state index is 0.284. The fourth-order valence-electron chi connectivity index (χ4n) is 2.39. The highest BCUT2D eigenvalue weighted by molar-refractivity contribution is 7.89. The van der Waals surface area contributed by atoms with Crippen LogP contribution in [-0.4, -0.2) is 33.7 Å². The van der Waals surface area contributed by atoms with Gasteiger partial charge in [0.1, 0.15) is 5.75 Å². The molecule has 20 heavy (non-hydrogen) atoms. The maximum absolute atomic E-state index is 12.4. The van der Waals surface area contributed by atoms with Gasteiger partial charge in [0, 0.05) is 12.1 Å². The van der Waals surface area contributed by atoms with Gasteiger partial charge in [-0.15, -0.1) is 0 Å². The molecule has 2 N–H and O–H groups in total. The van der Waals surface area contributed by atoms with Crippen molar-refractivity contribution in [3.05, 3.63) is 23.8 Å². The van der Waals surface area contributed by atoms with Gasteiger partial charge >= 0.3 is 0 Å². The van der Waals surface area contributed by atoms with Gasteiger partial charge in [0.05, 0.1) is 11.5 Å². The van der Waals surface area contributed by atoms with Crippen molar-refractivity contribution in [2.24, 2.45) is 0 Å². The van der Waals surface area contributed by atoms with Crippen molar-refractivity contribution in [1.82, 2.24) is 10.0 Å². The zero-order chi connectivity index (χ0) is 14.8. The third-order valence-electron chi connectivity index (χ3n) is 3.51. The topological polar surface area (TPSA) is 67.4 Å². The van der Waals surface area contributed by atoms with Crippen molar-refractivity contribution in [1.29, 1.82) is 0 Å². The molecular weight excluding hydrogens is 276 g/mol. The zero-order valence-corrected chi connectivity index (χ0v) is 13.0. The van der Waals surface area contributed by atoms with E-state index in [1.165, 1.54) is 0 Å². The molecule has 1 unspecified atom stereocenters. The fraction of sp³-hybridized carbons (Fsp3) is 0.571. The SMILES string of the molecule is CCOc1ccc(S(=O)(=O)NC2(C)CCNC2)cc1C. The molecule has 1 fully saturated rings. The first-order valence-corrected chi connectivity index (χ1v) is 8.33. The highest BCUT2D eigenvalue weighted by atomic mass is 32.2. The second kappa shape index (κ2) is 5.71. The molecule has 0 saturated carbocycles. The van der Waals surface area contributed by atoms with Crippen molar-refractivity contribution < 1.29 is 13.2 Å². The average Bonchev–Trinajstić information content (AvgIpc) is 2.77. The number of hydrogen-bond donors (Lipinski definition) is 2. The molecule has 0 aromatic heterocycles. The van der Waals surface area contributed by atoms with E-state index in [4.69, 9.17) is 4.74 Å². The normalized spacial score (nSPS) is 22.9. The molecule has 1 atom stereocenters. The molecule has 1 heterocycles. The van der Waals surface area contributed by atoms with Crippen LogP contribution in [0.25, 0.3) is 0 Å².